The van der Waals surface area contributed by atoms with Gasteiger partial charge < -0.3 is 15.1 Å². The minimum absolute atomic E-state index is 0.170. The summed E-state index contributed by atoms with van der Waals surface area (Å²) in [5.41, 5.74) is -0.170. The molecule has 2 fully saturated rings. The van der Waals surface area contributed by atoms with E-state index in [4.69, 9.17) is 0 Å². The van der Waals surface area contributed by atoms with Crippen LogP contribution in [0.1, 0.15) is 40.0 Å². The van der Waals surface area contributed by atoms with E-state index in [2.05, 4.69) is 35.9 Å². The van der Waals surface area contributed by atoms with Crippen molar-refractivity contribution in [2.24, 2.45) is 11.3 Å². The van der Waals surface area contributed by atoms with E-state index in [0.29, 0.717) is 17.9 Å². The zero-order valence-corrected chi connectivity index (χ0v) is 13.6. The topological polar surface area (TPSA) is 35.6 Å². The highest BCUT2D eigenvalue weighted by atomic mass is 16.2. The fraction of sp³-hybridized carbons (Fsp3) is 0.938. The van der Waals surface area contributed by atoms with E-state index in [1.54, 1.807) is 0 Å². The zero-order chi connectivity index (χ0) is 14.8. The molecule has 1 atom stereocenters. The van der Waals surface area contributed by atoms with Gasteiger partial charge in [0.05, 0.1) is 5.41 Å². The molecular weight excluding hydrogens is 250 g/mol. The number of amides is 1. The third kappa shape index (κ3) is 2.86. The Morgan fingerprint density at radius 3 is 2.50 bits per heavy atom. The summed E-state index contributed by atoms with van der Waals surface area (Å²) < 4.78 is 0. The molecular formula is C16H31N3O. The number of carbonyl (C=O) groups is 1. The second-order valence-electron chi connectivity index (χ2n) is 6.82. The highest BCUT2D eigenvalue weighted by Crippen LogP contribution is 2.37. The third-order valence-corrected chi connectivity index (χ3v) is 5.59. The van der Waals surface area contributed by atoms with Crippen molar-refractivity contribution in [3.63, 3.8) is 0 Å². The maximum Gasteiger partial charge on any atom is 0.230 e. The minimum Gasteiger partial charge on any atom is -0.342 e. The normalized spacial score (nSPS) is 29.1. The van der Waals surface area contributed by atoms with Crippen LogP contribution in [0.15, 0.2) is 0 Å². The third-order valence-electron chi connectivity index (χ3n) is 5.59. The smallest absolute Gasteiger partial charge is 0.230 e. The summed E-state index contributed by atoms with van der Waals surface area (Å²) in [6.07, 6.45) is 3.23. The molecule has 0 spiro atoms. The zero-order valence-electron chi connectivity index (χ0n) is 13.6. The Balaban J connectivity index is 2.01. The van der Waals surface area contributed by atoms with Gasteiger partial charge in [-0.05, 0) is 38.3 Å². The van der Waals surface area contributed by atoms with Crippen molar-refractivity contribution in [2.75, 3.05) is 39.8 Å². The van der Waals surface area contributed by atoms with Crippen molar-refractivity contribution in [3.8, 4) is 0 Å². The Morgan fingerprint density at radius 2 is 2.05 bits per heavy atom. The summed E-state index contributed by atoms with van der Waals surface area (Å²) in [6, 6.07) is 0.432. The van der Waals surface area contributed by atoms with Crippen LogP contribution in [0.3, 0.4) is 0 Å². The lowest BCUT2D eigenvalue weighted by atomic mass is 9.75. The number of nitrogens with zero attached hydrogens (tertiary/aromatic N) is 2. The summed E-state index contributed by atoms with van der Waals surface area (Å²) in [5, 5.41) is 3.39. The summed E-state index contributed by atoms with van der Waals surface area (Å²) >= 11 is 0. The molecule has 1 N–H and O–H groups in total. The number of hydrogen-bond acceptors (Lipinski definition) is 3. The van der Waals surface area contributed by atoms with Crippen LogP contribution >= 0.6 is 0 Å². The molecule has 1 unspecified atom stereocenters. The van der Waals surface area contributed by atoms with Gasteiger partial charge in [-0.2, -0.15) is 0 Å². The van der Waals surface area contributed by atoms with Gasteiger partial charge in [-0.25, -0.2) is 0 Å². The van der Waals surface area contributed by atoms with Gasteiger partial charge >= 0.3 is 0 Å². The molecule has 2 aliphatic heterocycles. The van der Waals surface area contributed by atoms with Crippen LogP contribution in [-0.2, 0) is 4.79 Å². The fourth-order valence-corrected chi connectivity index (χ4v) is 3.77. The molecule has 0 aromatic rings. The number of piperidine rings is 1. The van der Waals surface area contributed by atoms with Crippen LogP contribution in [0.2, 0.25) is 0 Å². The van der Waals surface area contributed by atoms with Crippen LogP contribution in [0.25, 0.3) is 0 Å². The molecule has 2 rings (SSSR count). The van der Waals surface area contributed by atoms with Crippen LogP contribution in [0.4, 0.5) is 0 Å². The fourth-order valence-electron chi connectivity index (χ4n) is 3.77. The van der Waals surface area contributed by atoms with Crippen LogP contribution in [0, 0.1) is 11.3 Å². The minimum atomic E-state index is -0.170. The molecule has 4 nitrogen and oxygen atoms in total. The predicted molar refractivity (Wildman–Crippen MR) is 82.7 cm³/mol. The molecule has 2 saturated heterocycles. The quantitative estimate of drug-likeness (QED) is 0.849. The SMILES string of the molecule is CCN1CCC(N(C)C(=O)C2(C(C)C)CCNC2)CC1. The van der Waals surface area contributed by atoms with Gasteiger partial charge in [-0.1, -0.05) is 20.8 Å². The first-order valence-electron chi connectivity index (χ1n) is 8.21. The van der Waals surface area contributed by atoms with E-state index < -0.39 is 0 Å². The van der Waals surface area contributed by atoms with Crippen molar-refractivity contribution in [1.29, 1.82) is 0 Å². The first-order chi connectivity index (χ1) is 9.51. The molecule has 2 heterocycles. The van der Waals surface area contributed by atoms with E-state index in [0.717, 1.165) is 52.0 Å². The Labute approximate surface area is 123 Å². The Hall–Kier alpha value is -0.610. The van der Waals surface area contributed by atoms with Crippen molar-refractivity contribution < 1.29 is 4.79 Å². The van der Waals surface area contributed by atoms with Gasteiger partial charge in [-0.3, -0.25) is 4.79 Å². The van der Waals surface area contributed by atoms with Gasteiger partial charge in [0.15, 0.2) is 0 Å². The highest BCUT2D eigenvalue weighted by Gasteiger charge is 2.46. The Kier molecular flexibility index (Phi) is 5.08. The second-order valence-corrected chi connectivity index (χ2v) is 6.82. The molecule has 0 aromatic heterocycles. The van der Waals surface area contributed by atoms with Crippen molar-refractivity contribution in [2.45, 2.75) is 46.1 Å². The molecule has 0 bridgehead atoms. The molecule has 20 heavy (non-hydrogen) atoms. The first kappa shape index (κ1) is 15.8. The standard InChI is InChI=1S/C16H31N3O/c1-5-19-10-6-14(7-11-19)18(4)15(20)16(13(2)3)8-9-17-12-16/h13-14,17H,5-12H2,1-4H3. The van der Waals surface area contributed by atoms with Crippen molar-refractivity contribution >= 4 is 5.91 Å². The summed E-state index contributed by atoms with van der Waals surface area (Å²) in [4.78, 5) is 17.6. The van der Waals surface area contributed by atoms with Gasteiger partial charge in [0.1, 0.15) is 0 Å². The molecule has 0 radical (unpaired) electrons. The maximum absolute atomic E-state index is 13.0. The van der Waals surface area contributed by atoms with Crippen molar-refractivity contribution in [3.05, 3.63) is 0 Å². The van der Waals surface area contributed by atoms with Crippen LogP contribution in [0.5, 0.6) is 0 Å². The molecule has 116 valence electrons. The van der Waals surface area contributed by atoms with Gasteiger partial charge in [-0.15, -0.1) is 0 Å². The predicted octanol–water partition coefficient (Wildman–Crippen LogP) is 1.56. The molecule has 0 aliphatic carbocycles. The Bertz CT molecular complexity index is 329. The number of nitrogens with one attached hydrogen (secondary N) is 1. The number of carbonyl (C=O) groups excluding carboxylic acids is 1. The van der Waals surface area contributed by atoms with Crippen molar-refractivity contribution in [1.82, 2.24) is 15.1 Å². The van der Waals surface area contributed by atoms with E-state index >= 15 is 0 Å². The largest absolute Gasteiger partial charge is 0.342 e. The summed E-state index contributed by atoms with van der Waals surface area (Å²) in [5.74, 6) is 0.774. The van der Waals surface area contributed by atoms with E-state index in [1.165, 1.54) is 0 Å². The van der Waals surface area contributed by atoms with Crippen LogP contribution in [-0.4, -0.2) is 61.5 Å². The molecule has 0 aromatic carbocycles. The van der Waals surface area contributed by atoms with Gasteiger partial charge in [0.25, 0.3) is 0 Å². The average molecular weight is 281 g/mol. The monoisotopic (exact) mass is 281 g/mol. The first-order valence-corrected chi connectivity index (χ1v) is 8.21. The summed E-state index contributed by atoms with van der Waals surface area (Å²) in [7, 11) is 2.02. The molecule has 4 heteroatoms. The average Bonchev–Trinajstić information content (AvgIpc) is 2.96. The second kappa shape index (κ2) is 6.44. The lowest BCUT2D eigenvalue weighted by Crippen LogP contribution is -2.52. The maximum atomic E-state index is 13.0. The van der Waals surface area contributed by atoms with Gasteiger partial charge in [0, 0.05) is 32.7 Å². The molecule has 0 saturated carbocycles. The van der Waals surface area contributed by atoms with E-state index in [1.807, 2.05) is 7.05 Å². The van der Waals surface area contributed by atoms with Crippen LogP contribution < -0.4 is 5.32 Å². The van der Waals surface area contributed by atoms with E-state index in [9.17, 15) is 4.79 Å². The number of likely N-dealkylation sites (tertiary alicyclic amines) is 1. The highest BCUT2D eigenvalue weighted by molar-refractivity contribution is 5.83. The lowest BCUT2D eigenvalue weighted by Gasteiger charge is -2.41. The molecule has 2 aliphatic rings. The van der Waals surface area contributed by atoms with E-state index in [-0.39, 0.29) is 5.41 Å². The van der Waals surface area contributed by atoms with Gasteiger partial charge in [0.2, 0.25) is 5.91 Å². The lowest BCUT2D eigenvalue weighted by molar-refractivity contribution is -0.145. The number of hydrogen-bond donors (Lipinski definition) is 1. The molecule has 1 amide bonds. The number of rotatable bonds is 4. The summed E-state index contributed by atoms with van der Waals surface area (Å²) in [6.45, 7) is 11.8. The Morgan fingerprint density at radius 1 is 1.40 bits per heavy atom.